The van der Waals surface area contributed by atoms with Crippen LogP contribution < -0.4 is 15.1 Å². The van der Waals surface area contributed by atoms with Gasteiger partial charge in [0.1, 0.15) is 18.0 Å². The fraction of sp³-hybridized carbons (Fsp3) is 0.656. The van der Waals surface area contributed by atoms with E-state index in [1.54, 1.807) is 7.11 Å². The Kier molecular flexibility index (Phi) is 23.0. The average molecular weight is 1120 g/mol. The second kappa shape index (κ2) is 26.4. The van der Waals surface area contributed by atoms with Crippen molar-refractivity contribution in [2.45, 2.75) is 233 Å². The topological polar surface area (TPSA) is 84.8 Å². The summed E-state index contributed by atoms with van der Waals surface area (Å²) in [6.07, 6.45) is 1.86. The zero-order chi connectivity index (χ0) is 57.5. The van der Waals surface area contributed by atoms with E-state index >= 15 is 0 Å². The van der Waals surface area contributed by atoms with Gasteiger partial charge >= 0.3 is 0 Å². The highest BCUT2D eigenvalue weighted by molar-refractivity contribution is 6.99. The van der Waals surface area contributed by atoms with Crippen LogP contribution in [0.5, 0.6) is 5.75 Å². The lowest BCUT2D eigenvalue weighted by Gasteiger charge is -2.45. The Labute approximate surface area is 469 Å². The molecule has 3 aromatic carbocycles. The minimum atomic E-state index is -2.74. The van der Waals surface area contributed by atoms with Crippen molar-refractivity contribution in [3.05, 3.63) is 114 Å². The number of rotatable bonds is 26. The fourth-order valence-corrected chi connectivity index (χ4v) is 18.2. The van der Waals surface area contributed by atoms with Gasteiger partial charge in [0, 0.05) is 25.0 Å². The van der Waals surface area contributed by atoms with Gasteiger partial charge in [-0.05, 0) is 125 Å². The van der Waals surface area contributed by atoms with Crippen LogP contribution in [0.15, 0.2) is 109 Å². The third-order valence-electron chi connectivity index (χ3n) is 18.2. The normalized spacial score (nSPS) is 20.2. The van der Waals surface area contributed by atoms with E-state index in [1.807, 2.05) is 24.3 Å². The molecule has 4 rings (SSSR count). The van der Waals surface area contributed by atoms with Gasteiger partial charge < -0.3 is 37.0 Å². The molecule has 428 valence electrons. The average Bonchev–Trinajstić information content (AvgIpc) is 3.69. The van der Waals surface area contributed by atoms with Gasteiger partial charge in [0.2, 0.25) is 0 Å². The van der Waals surface area contributed by atoms with Gasteiger partial charge in [-0.25, -0.2) is 0 Å². The number of aliphatic hydroxyl groups is 1. The predicted octanol–water partition coefficient (Wildman–Crippen LogP) is 15.7. The maximum Gasteiger partial charge on any atom is 0.261 e. The summed E-state index contributed by atoms with van der Waals surface area (Å²) in [5, 5.41) is 15.1. The van der Waals surface area contributed by atoms with E-state index in [1.165, 1.54) is 10.4 Å². The van der Waals surface area contributed by atoms with E-state index < -0.39 is 45.5 Å². The number of aliphatic hydroxyl groups excluding tert-OH is 1. The van der Waals surface area contributed by atoms with Gasteiger partial charge in [-0.15, -0.1) is 0 Å². The molecule has 9 atom stereocenters. The first-order valence-electron chi connectivity index (χ1n) is 28.6. The highest BCUT2D eigenvalue weighted by atomic mass is 28.4. The standard InChI is InChI=1S/C64H108O8Si4/c1-46(50(5)57(72-75(23,24)63(12,13)14)43-56(71-74(21,22)62(9,10)11)49(4)44-69-73(19,20)61(6,7)8)41-48(3)59(65)60(67-45-51-35-37-52(66-18)38-36-51)58-42-47(2)55(70-58)39-40-68-76(64(15,16)17,53-31-27-25-28-32-53)54-33-29-26-30-34-54/h25-38,41,47,49-50,55-60,65H,3,39-40,42-45H2,1-2,4-24H3/b46-41+/t47-,49+,50-,55+,56+,57+,58-,59+,60+/m1/s1. The molecule has 1 aliphatic heterocycles. The maximum atomic E-state index is 12.6. The molecule has 0 bridgehead atoms. The molecule has 0 amide bonds. The van der Waals surface area contributed by atoms with Gasteiger partial charge in [0.25, 0.3) is 8.32 Å². The lowest BCUT2D eigenvalue weighted by molar-refractivity contribution is -0.116. The Morgan fingerprint density at radius 1 is 0.697 bits per heavy atom. The Bertz CT molecular complexity index is 2230. The molecule has 1 N–H and O–H groups in total. The van der Waals surface area contributed by atoms with Crippen molar-refractivity contribution in [3.63, 3.8) is 0 Å². The lowest BCUT2D eigenvalue weighted by Crippen LogP contribution is -2.66. The van der Waals surface area contributed by atoms with Crippen LogP contribution in [0.3, 0.4) is 0 Å². The molecule has 12 heteroatoms. The van der Waals surface area contributed by atoms with Gasteiger partial charge in [0.15, 0.2) is 25.0 Å². The SMILES string of the molecule is C=C(/C=C(\C)[C@@H](C)[C@H](C[C@H](O[Si](C)(C)C(C)(C)C)[C@@H](C)CO[Si](C)(C)C(C)(C)C)O[Si](C)(C)C(C)(C)C)[C@H](O)[C@@H](OCc1ccc(OC)cc1)[C@H]1C[C@@H](C)[C@H](CCO[Si](c2ccccc2)(c2ccccc2)C(C)(C)C)O1. The third-order valence-corrected chi connectivity index (χ3v) is 36.7. The summed E-state index contributed by atoms with van der Waals surface area (Å²) >= 11 is 0. The van der Waals surface area contributed by atoms with Crippen LogP contribution in [0, 0.1) is 17.8 Å². The van der Waals surface area contributed by atoms with Crippen LogP contribution in [0.2, 0.25) is 59.4 Å². The van der Waals surface area contributed by atoms with Crippen molar-refractivity contribution in [1.29, 1.82) is 0 Å². The van der Waals surface area contributed by atoms with Gasteiger partial charge in [0.05, 0.1) is 38.1 Å². The van der Waals surface area contributed by atoms with Crippen molar-refractivity contribution in [1.82, 2.24) is 0 Å². The minimum Gasteiger partial charge on any atom is -0.497 e. The van der Waals surface area contributed by atoms with Gasteiger partial charge in [-0.2, -0.15) is 0 Å². The summed E-state index contributed by atoms with van der Waals surface area (Å²) in [6.45, 7) is 56.9. The molecule has 1 fully saturated rings. The maximum absolute atomic E-state index is 12.6. The molecule has 1 heterocycles. The highest BCUT2D eigenvalue weighted by Gasteiger charge is 2.51. The van der Waals surface area contributed by atoms with E-state index in [0.29, 0.717) is 25.4 Å². The Balaban J connectivity index is 1.68. The second-order valence-corrected chi connectivity index (χ2v) is 46.8. The Morgan fingerprint density at radius 2 is 1.18 bits per heavy atom. The number of ether oxygens (including phenoxy) is 3. The quantitative estimate of drug-likeness (QED) is 0.0629. The van der Waals surface area contributed by atoms with Crippen LogP contribution in [0.1, 0.15) is 136 Å². The zero-order valence-electron chi connectivity index (χ0n) is 52.1. The molecule has 0 aliphatic carbocycles. The first-order chi connectivity index (χ1) is 34.9. The van der Waals surface area contributed by atoms with E-state index in [4.69, 9.17) is 31.9 Å². The lowest BCUT2D eigenvalue weighted by atomic mass is 9.87. The highest BCUT2D eigenvalue weighted by Crippen LogP contribution is 2.44. The predicted molar refractivity (Wildman–Crippen MR) is 331 cm³/mol. The van der Waals surface area contributed by atoms with Crippen molar-refractivity contribution < 1.29 is 37.0 Å². The van der Waals surface area contributed by atoms with Crippen LogP contribution >= 0.6 is 0 Å². The van der Waals surface area contributed by atoms with E-state index in [2.05, 4.69) is 223 Å². The van der Waals surface area contributed by atoms with Gasteiger partial charge in [-0.3, -0.25) is 0 Å². The number of hydrogen-bond donors (Lipinski definition) is 1. The number of methoxy groups -OCH3 is 1. The third kappa shape index (κ3) is 16.8. The van der Waals surface area contributed by atoms with Crippen molar-refractivity contribution in [3.8, 4) is 5.75 Å². The molecule has 3 aromatic rings. The van der Waals surface area contributed by atoms with Gasteiger partial charge in [-0.1, -0.05) is 195 Å². The van der Waals surface area contributed by atoms with Crippen molar-refractivity contribution in [2.75, 3.05) is 20.3 Å². The van der Waals surface area contributed by atoms with Crippen LogP contribution in [-0.4, -0.2) is 95.3 Å². The molecular weight excluding hydrogens is 1010 g/mol. The first kappa shape index (κ1) is 66.0. The summed E-state index contributed by atoms with van der Waals surface area (Å²) in [4.78, 5) is 0. The van der Waals surface area contributed by atoms with Crippen LogP contribution in [0.25, 0.3) is 0 Å². The summed E-state index contributed by atoms with van der Waals surface area (Å²) in [5.41, 5.74) is 2.67. The minimum absolute atomic E-state index is 0.00643. The molecule has 0 saturated carbocycles. The Hall–Kier alpha value is -2.47. The van der Waals surface area contributed by atoms with E-state index in [-0.39, 0.29) is 62.3 Å². The first-order valence-corrected chi connectivity index (χ1v) is 39.2. The van der Waals surface area contributed by atoms with Crippen LogP contribution in [-0.2, 0) is 33.8 Å². The molecule has 1 aliphatic rings. The summed E-state index contributed by atoms with van der Waals surface area (Å²) in [7, 11) is -7.60. The smallest absolute Gasteiger partial charge is 0.261 e. The molecule has 8 nitrogen and oxygen atoms in total. The molecule has 1 saturated heterocycles. The Morgan fingerprint density at radius 3 is 1.64 bits per heavy atom. The fourth-order valence-electron chi connectivity index (χ4n) is 9.67. The van der Waals surface area contributed by atoms with Crippen molar-refractivity contribution >= 4 is 43.6 Å². The molecule has 0 spiro atoms. The number of hydrogen-bond acceptors (Lipinski definition) is 8. The largest absolute Gasteiger partial charge is 0.497 e. The summed E-state index contributed by atoms with van der Waals surface area (Å²) in [5.74, 6) is 1.12. The monoisotopic (exact) mass is 1120 g/mol. The zero-order valence-corrected chi connectivity index (χ0v) is 56.1. The summed E-state index contributed by atoms with van der Waals surface area (Å²) in [6, 6.07) is 29.5. The second-order valence-electron chi connectivity index (χ2n) is 28.2. The molecule has 0 aromatic heterocycles. The summed E-state index contributed by atoms with van der Waals surface area (Å²) < 4.78 is 48.6. The van der Waals surface area contributed by atoms with E-state index in [0.717, 1.165) is 36.1 Å². The molecule has 76 heavy (non-hydrogen) atoms. The van der Waals surface area contributed by atoms with Crippen molar-refractivity contribution in [2.24, 2.45) is 17.8 Å². The van der Waals surface area contributed by atoms with E-state index in [9.17, 15) is 5.11 Å². The molecule has 0 unspecified atom stereocenters. The van der Waals surface area contributed by atoms with Crippen LogP contribution in [0.4, 0.5) is 0 Å². The number of benzene rings is 3. The molecular formula is C64H108O8Si4. The molecule has 0 radical (unpaired) electrons.